The molecule has 0 aliphatic rings. The molecular formula is C20H20N4O4. The zero-order valence-corrected chi connectivity index (χ0v) is 15.7. The van der Waals surface area contributed by atoms with Gasteiger partial charge in [-0.2, -0.15) is 0 Å². The van der Waals surface area contributed by atoms with Crippen LogP contribution in [0.4, 0.5) is 17.3 Å². The Bertz CT molecular complexity index is 961. The minimum Gasteiger partial charge on any atom is -0.497 e. The van der Waals surface area contributed by atoms with Gasteiger partial charge in [0.2, 0.25) is 0 Å². The van der Waals surface area contributed by atoms with Crippen LogP contribution in [0.3, 0.4) is 0 Å². The third kappa shape index (κ3) is 4.47. The third-order valence-electron chi connectivity index (χ3n) is 3.91. The molecule has 1 heterocycles. The largest absolute Gasteiger partial charge is 0.497 e. The van der Waals surface area contributed by atoms with Gasteiger partial charge in [-0.25, -0.2) is 0 Å². The number of hydrogen-bond acceptors (Lipinski definition) is 7. The first kappa shape index (κ1) is 19.0. The van der Waals surface area contributed by atoms with Gasteiger partial charge in [-0.1, -0.05) is 6.07 Å². The smallest absolute Gasteiger partial charge is 0.256 e. The zero-order chi connectivity index (χ0) is 19.9. The standard InChI is InChI=1S/C20H20N4O4/c1-26-14-6-4-5-13(11-14)20(25)22-19-10-9-18(23-24-19)21-16-12-15(27-2)7-8-17(16)28-3/h4-12H,1-3H3,(H,21,23)(H,22,24,25). The predicted octanol–water partition coefficient (Wildman–Crippen LogP) is 3.50. The second-order valence-electron chi connectivity index (χ2n) is 5.68. The summed E-state index contributed by atoms with van der Waals surface area (Å²) in [5, 5.41) is 13.9. The van der Waals surface area contributed by atoms with Gasteiger partial charge in [-0.15, -0.1) is 10.2 Å². The van der Waals surface area contributed by atoms with E-state index >= 15 is 0 Å². The molecule has 1 amide bonds. The molecule has 2 aromatic carbocycles. The Hall–Kier alpha value is -3.81. The van der Waals surface area contributed by atoms with Crippen LogP contribution in [-0.2, 0) is 0 Å². The quantitative estimate of drug-likeness (QED) is 0.648. The van der Waals surface area contributed by atoms with Crippen molar-refractivity contribution in [2.24, 2.45) is 0 Å². The van der Waals surface area contributed by atoms with E-state index in [0.717, 1.165) is 0 Å². The van der Waals surface area contributed by atoms with Crippen LogP contribution in [0, 0.1) is 0 Å². The number of benzene rings is 2. The van der Waals surface area contributed by atoms with Crippen molar-refractivity contribution >= 4 is 23.2 Å². The van der Waals surface area contributed by atoms with E-state index in [9.17, 15) is 4.79 Å². The van der Waals surface area contributed by atoms with Gasteiger partial charge in [-0.3, -0.25) is 4.79 Å². The van der Waals surface area contributed by atoms with E-state index < -0.39 is 0 Å². The molecule has 0 bridgehead atoms. The van der Waals surface area contributed by atoms with Crippen molar-refractivity contribution in [3.8, 4) is 17.2 Å². The maximum atomic E-state index is 12.3. The van der Waals surface area contributed by atoms with Crippen LogP contribution >= 0.6 is 0 Å². The summed E-state index contributed by atoms with van der Waals surface area (Å²) < 4.78 is 15.7. The molecule has 0 fully saturated rings. The fourth-order valence-electron chi connectivity index (χ4n) is 2.47. The highest BCUT2D eigenvalue weighted by molar-refractivity contribution is 6.04. The lowest BCUT2D eigenvalue weighted by molar-refractivity contribution is 0.102. The van der Waals surface area contributed by atoms with Crippen molar-refractivity contribution in [3.05, 3.63) is 60.2 Å². The molecule has 8 heteroatoms. The summed E-state index contributed by atoms with van der Waals surface area (Å²) in [6, 6.07) is 15.6. The van der Waals surface area contributed by atoms with Crippen molar-refractivity contribution in [2.75, 3.05) is 32.0 Å². The van der Waals surface area contributed by atoms with E-state index in [0.29, 0.717) is 40.1 Å². The Morgan fingerprint density at radius 1 is 0.821 bits per heavy atom. The van der Waals surface area contributed by atoms with Gasteiger partial charge in [0.25, 0.3) is 5.91 Å². The zero-order valence-electron chi connectivity index (χ0n) is 15.7. The van der Waals surface area contributed by atoms with Gasteiger partial charge in [-0.05, 0) is 42.5 Å². The number of methoxy groups -OCH3 is 3. The molecule has 0 aliphatic carbocycles. The minimum absolute atomic E-state index is 0.302. The minimum atomic E-state index is -0.302. The number of nitrogens with zero attached hydrogens (tertiary/aromatic N) is 2. The van der Waals surface area contributed by atoms with Crippen LogP contribution in [0.15, 0.2) is 54.6 Å². The number of anilines is 3. The van der Waals surface area contributed by atoms with Crippen LogP contribution < -0.4 is 24.8 Å². The van der Waals surface area contributed by atoms with Crippen LogP contribution in [0.2, 0.25) is 0 Å². The second kappa shape index (κ2) is 8.72. The maximum Gasteiger partial charge on any atom is 0.256 e. The summed E-state index contributed by atoms with van der Waals surface area (Å²) in [5.74, 6) is 2.44. The first-order valence-electron chi connectivity index (χ1n) is 8.41. The Labute approximate surface area is 162 Å². The first-order valence-corrected chi connectivity index (χ1v) is 8.41. The van der Waals surface area contributed by atoms with Gasteiger partial charge in [0.15, 0.2) is 11.6 Å². The Morgan fingerprint density at radius 3 is 2.21 bits per heavy atom. The average molecular weight is 380 g/mol. The highest BCUT2D eigenvalue weighted by Crippen LogP contribution is 2.31. The number of carbonyl (C=O) groups excluding carboxylic acids is 1. The molecule has 0 saturated heterocycles. The molecule has 3 rings (SSSR count). The molecule has 0 aliphatic heterocycles. The van der Waals surface area contributed by atoms with Gasteiger partial charge in [0.05, 0.1) is 27.0 Å². The van der Waals surface area contributed by atoms with Crippen LogP contribution in [0.5, 0.6) is 17.2 Å². The number of nitrogens with one attached hydrogen (secondary N) is 2. The molecule has 2 N–H and O–H groups in total. The van der Waals surface area contributed by atoms with Gasteiger partial charge >= 0.3 is 0 Å². The van der Waals surface area contributed by atoms with Gasteiger partial charge in [0, 0.05) is 11.6 Å². The van der Waals surface area contributed by atoms with Crippen molar-refractivity contribution in [2.45, 2.75) is 0 Å². The Morgan fingerprint density at radius 2 is 1.54 bits per heavy atom. The van der Waals surface area contributed by atoms with Crippen molar-refractivity contribution in [1.82, 2.24) is 10.2 Å². The number of amides is 1. The lowest BCUT2D eigenvalue weighted by Gasteiger charge is -2.12. The Kier molecular flexibility index (Phi) is 5.91. The molecule has 28 heavy (non-hydrogen) atoms. The summed E-state index contributed by atoms with van der Waals surface area (Å²) >= 11 is 0. The fourth-order valence-corrected chi connectivity index (χ4v) is 2.47. The predicted molar refractivity (Wildman–Crippen MR) is 106 cm³/mol. The molecule has 144 valence electrons. The summed E-state index contributed by atoms with van der Waals surface area (Å²) in [4.78, 5) is 12.3. The summed E-state index contributed by atoms with van der Waals surface area (Å²) in [6.07, 6.45) is 0. The van der Waals surface area contributed by atoms with E-state index in [2.05, 4.69) is 20.8 Å². The number of rotatable bonds is 7. The van der Waals surface area contributed by atoms with Crippen LogP contribution in [0.1, 0.15) is 10.4 Å². The van der Waals surface area contributed by atoms with Crippen molar-refractivity contribution in [1.29, 1.82) is 0 Å². The molecule has 0 radical (unpaired) electrons. The number of aromatic nitrogens is 2. The van der Waals surface area contributed by atoms with Crippen molar-refractivity contribution in [3.63, 3.8) is 0 Å². The molecule has 0 saturated carbocycles. The lowest BCUT2D eigenvalue weighted by atomic mass is 10.2. The molecule has 0 atom stereocenters. The monoisotopic (exact) mass is 380 g/mol. The van der Waals surface area contributed by atoms with Crippen molar-refractivity contribution < 1.29 is 19.0 Å². The third-order valence-corrected chi connectivity index (χ3v) is 3.91. The normalized spacial score (nSPS) is 10.1. The molecular weight excluding hydrogens is 360 g/mol. The second-order valence-corrected chi connectivity index (χ2v) is 5.68. The molecule has 8 nitrogen and oxygen atoms in total. The molecule has 0 spiro atoms. The van der Waals surface area contributed by atoms with E-state index in [4.69, 9.17) is 14.2 Å². The summed E-state index contributed by atoms with van der Waals surface area (Å²) in [6.45, 7) is 0. The average Bonchev–Trinajstić information content (AvgIpc) is 2.75. The van der Waals surface area contributed by atoms with Crippen LogP contribution in [-0.4, -0.2) is 37.4 Å². The van der Waals surface area contributed by atoms with Gasteiger partial charge < -0.3 is 24.8 Å². The van der Waals surface area contributed by atoms with E-state index in [1.54, 1.807) is 75.9 Å². The van der Waals surface area contributed by atoms with Gasteiger partial charge in [0.1, 0.15) is 17.2 Å². The summed E-state index contributed by atoms with van der Waals surface area (Å²) in [5.41, 5.74) is 1.15. The first-order chi connectivity index (χ1) is 13.6. The topological polar surface area (TPSA) is 94.6 Å². The number of hydrogen-bond donors (Lipinski definition) is 2. The van der Waals surface area contributed by atoms with Crippen LogP contribution in [0.25, 0.3) is 0 Å². The number of carbonyl (C=O) groups is 1. The lowest BCUT2D eigenvalue weighted by Crippen LogP contribution is -2.13. The molecule has 0 unspecified atom stereocenters. The molecule has 1 aromatic heterocycles. The molecule has 3 aromatic rings. The fraction of sp³-hybridized carbons (Fsp3) is 0.150. The van der Waals surface area contributed by atoms with E-state index in [1.165, 1.54) is 0 Å². The highest BCUT2D eigenvalue weighted by atomic mass is 16.5. The van der Waals surface area contributed by atoms with E-state index in [1.807, 2.05) is 0 Å². The Balaban J connectivity index is 1.71. The maximum absolute atomic E-state index is 12.3. The summed E-state index contributed by atoms with van der Waals surface area (Å²) in [7, 11) is 4.71. The van der Waals surface area contributed by atoms with E-state index in [-0.39, 0.29) is 5.91 Å². The SMILES string of the molecule is COc1cccc(C(=O)Nc2ccc(Nc3cc(OC)ccc3OC)nn2)c1. The highest BCUT2D eigenvalue weighted by Gasteiger charge is 2.10. The number of ether oxygens (including phenoxy) is 3.